The number of hydrazone groups is 1. The molecule has 0 aromatic heterocycles. The molecule has 4 nitrogen and oxygen atoms in total. The lowest BCUT2D eigenvalue weighted by Crippen LogP contribution is -2.03. The zero-order valence-corrected chi connectivity index (χ0v) is 18.5. The van der Waals surface area contributed by atoms with Gasteiger partial charge in [0, 0.05) is 10.6 Å². The summed E-state index contributed by atoms with van der Waals surface area (Å²) >= 11 is 6.31. The van der Waals surface area contributed by atoms with Gasteiger partial charge in [-0.15, -0.1) is 0 Å². The van der Waals surface area contributed by atoms with Gasteiger partial charge in [-0.25, -0.2) is 0 Å². The molecule has 0 amide bonds. The smallest absolute Gasteiger partial charge is 0.125 e. The predicted molar refractivity (Wildman–Crippen MR) is 125 cm³/mol. The number of benzene rings is 3. The van der Waals surface area contributed by atoms with Crippen molar-refractivity contribution in [2.75, 3.05) is 12.5 Å². The molecule has 0 bridgehead atoms. The number of nitrogens with zero attached hydrogens (tertiary/aromatic N) is 1. The van der Waals surface area contributed by atoms with E-state index in [-0.39, 0.29) is 0 Å². The SMILES string of the molecule is COc1ccc(C=NNc2ccccc2)cc1COc1cc(C)c(Cl)cc1C(C)C. The third-order valence-corrected chi connectivity index (χ3v) is 5.19. The summed E-state index contributed by atoms with van der Waals surface area (Å²) in [6, 6.07) is 19.7. The fourth-order valence-corrected chi connectivity index (χ4v) is 3.26. The molecule has 0 unspecified atom stereocenters. The monoisotopic (exact) mass is 422 g/mol. The van der Waals surface area contributed by atoms with Crippen LogP contribution in [0.3, 0.4) is 0 Å². The Morgan fingerprint density at radius 2 is 1.80 bits per heavy atom. The fraction of sp³-hybridized carbons (Fsp3) is 0.240. The molecule has 0 saturated carbocycles. The summed E-state index contributed by atoms with van der Waals surface area (Å²) in [5.74, 6) is 1.93. The number of hydrogen-bond donors (Lipinski definition) is 1. The standard InChI is InChI=1S/C25H27ClN2O2/c1-17(2)22-14-23(26)18(3)12-25(22)30-16-20-13-19(10-11-24(20)29-4)15-27-28-21-8-6-5-7-9-21/h5-15,17,28H,16H2,1-4H3. The Balaban J connectivity index is 1.77. The summed E-state index contributed by atoms with van der Waals surface area (Å²) in [4.78, 5) is 0. The van der Waals surface area contributed by atoms with E-state index in [0.717, 1.165) is 44.5 Å². The average molecular weight is 423 g/mol. The van der Waals surface area contributed by atoms with E-state index in [1.54, 1.807) is 13.3 Å². The molecule has 0 aliphatic heterocycles. The van der Waals surface area contributed by atoms with E-state index in [9.17, 15) is 0 Å². The first kappa shape index (κ1) is 21.7. The quantitative estimate of drug-likeness (QED) is 0.320. The van der Waals surface area contributed by atoms with Crippen LogP contribution in [0.15, 0.2) is 65.8 Å². The van der Waals surface area contributed by atoms with Crippen molar-refractivity contribution in [3.8, 4) is 11.5 Å². The van der Waals surface area contributed by atoms with Crippen molar-refractivity contribution in [1.29, 1.82) is 0 Å². The van der Waals surface area contributed by atoms with Crippen molar-refractivity contribution in [3.05, 3.63) is 87.9 Å². The Morgan fingerprint density at radius 1 is 1.03 bits per heavy atom. The normalized spacial score (nSPS) is 11.1. The van der Waals surface area contributed by atoms with E-state index >= 15 is 0 Å². The minimum Gasteiger partial charge on any atom is -0.496 e. The highest BCUT2D eigenvalue weighted by Crippen LogP contribution is 2.33. The van der Waals surface area contributed by atoms with Crippen molar-refractivity contribution in [2.24, 2.45) is 5.10 Å². The van der Waals surface area contributed by atoms with E-state index in [1.165, 1.54) is 0 Å². The Kier molecular flexibility index (Phi) is 7.36. The van der Waals surface area contributed by atoms with Crippen LogP contribution >= 0.6 is 11.6 Å². The van der Waals surface area contributed by atoms with Crippen molar-refractivity contribution in [3.63, 3.8) is 0 Å². The maximum Gasteiger partial charge on any atom is 0.125 e. The molecule has 0 spiro atoms. The molecule has 156 valence electrons. The molecule has 0 radical (unpaired) electrons. The number of aryl methyl sites for hydroxylation is 1. The second-order valence-electron chi connectivity index (χ2n) is 7.39. The lowest BCUT2D eigenvalue weighted by atomic mass is 10.0. The number of hydrogen-bond acceptors (Lipinski definition) is 4. The maximum atomic E-state index is 6.31. The van der Waals surface area contributed by atoms with Crippen LogP contribution in [0.4, 0.5) is 5.69 Å². The number of halogens is 1. The van der Waals surface area contributed by atoms with Gasteiger partial charge in [-0.3, -0.25) is 5.43 Å². The van der Waals surface area contributed by atoms with Crippen molar-refractivity contribution < 1.29 is 9.47 Å². The molecular weight excluding hydrogens is 396 g/mol. The Morgan fingerprint density at radius 3 is 2.50 bits per heavy atom. The molecule has 1 N–H and O–H groups in total. The topological polar surface area (TPSA) is 42.8 Å². The number of rotatable bonds is 8. The maximum absolute atomic E-state index is 6.31. The molecule has 0 fully saturated rings. The van der Waals surface area contributed by atoms with Crippen LogP contribution in [0.1, 0.15) is 42.0 Å². The predicted octanol–water partition coefficient (Wildman–Crippen LogP) is 6.81. The molecule has 0 aliphatic rings. The number of methoxy groups -OCH3 is 1. The van der Waals surface area contributed by atoms with Crippen LogP contribution in [0.2, 0.25) is 5.02 Å². The van der Waals surface area contributed by atoms with Gasteiger partial charge >= 0.3 is 0 Å². The molecule has 0 atom stereocenters. The number of para-hydroxylation sites is 1. The van der Waals surface area contributed by atoms with Gasteiger partial charge in [0.25, 0.3) is 0 Å². The second kappa shape index (κ2) is 10.2. The molecule has 3 rings (SSSR count). The second-order valence-corrected chi connectivity index (χ2v) is 7.80. The zero-order chi connectivity index (χ0) is 21.5. The van der Waals surface area contributed by atoms with Gasteiger partial charge in [0.15, 0.2) is 0 Å². The largest absolute Gasteiger partial charge is 0.496 e. The van der Waals surface area contributed by atoms with Gasteiger partial charge in [0.1, 0.15) is 18.1 Å². The van der Waals surface area contributed by atoms with Gasteiger partial charge in [-0.05, 0) is 72.0 Å². The van der Waals surface area contributed by atoms with Crippen LogP contribution in [0.5, 0.6) is 11.5 Å². The minimum atomic E-state index is 0.308. The van der Waals surface area contributed by atoms with Gasteiger partial charge in [0.2, 0.25) is 0 Å². The number of nitrogens with one attached hydrogen (secondary N) is 1. The first-order chi connectivity index (χ1) is 14.5. The molecule has 3 aromatic rings. The van der Waals surface area contributed by atoms with Crippen LogP contribution in [-0.4, -0.2) is 13.3 Å². The Hall–Kier alpha value is -2.98. The Labute approximate surface area is 183 Å². The van der Waals surface area contributed by atoms with E-state index in [4.69, 9.17) is 21.1 Å². The van der Waals surface area contributed by atoms with Gasteiger partial charge < -0.3 is 9.47 Å². The third-order valence-electron chi connectivity index (χ3n) is 4.78. The zero-order valence-electron chi connectivity index (χ0n) is 17.8. The number of anilines is 1. The van der Waals surface area contributed by atoms with E-state index in [1.807, 2.05) is 67.6 Å². The highest BCUT2D eigenvalue weighted by atomic mass is 35.5. The lowest BCUT2D eigenvalue weighted by molar-refractivity contribution is 0.292. The van der Waals surface area contributed by atoms with Crippen molar-refractivity contribution in [2.45, 2.75) is 33.3 Å². The van der Waals surface area contributed by atoms with Crippen molar-refractivity contribution in [1.82, 2.24) is 0 Å². The highest BCUT2D eigenvalue weighted by Gasteiger charge is 2.13. The molecule has 0 saturated heterocycles. The average Bonchev–Trinajstić information content (AvgIpc) is 2.75. The van der Waals surface area contributed by atoms with Crippen LogP contribution in [0.25, 0.3) is 0 Å². The minimum absolute atomic E-state index is 0.308. The van der Waals surface area contributed by atoms with E-state index in [0.29, 0.717) is 12.5 Å². The molecule has 3 aromatic carbocycles. The lowest BCUT2D eigenvalue weighted by Gasteiger charge is -2.17. The highest BCUT2D eigenvalue weighted by molar-refractivity contribution is 6.31. The van der Waals surface area contributed by atoms with E-state index in [2.05, 4.69) is 24.4 Å². The number of ether oxygens (including phenoxy) is 2. The molecule has 0 heterocycles. The molecule has 0 aliphatic carbocycles. The van der Waals surface area contributed by atoms with Gasteiger partial charge in [0.05, 0.1) is 19.0 Å². The summed E-state index contributed by atoms with van der Waals surface area (Å²) in [6.07, 6.45) is 1.78. The van der Waals surface area contributed by atoms with Crippen LogP contribution in [0, 0.1) is 6.92 Å². The van der Waals surface area contributed by atoms with Gasteiger partial charge in [-0.2, -0.15) is 5.10 Å². The Bertz CT molecular complexity index is 1020. The van der Waals surface area contributed by atoms with E-state index < -0.39 is 0 Å². The summed E-state index contributed by atoms with van der Waals surface area (Å²) in [7, 11) is 1.66. The van der Waals surface area contributed by atoms with Crippen molar-refractivity contribution >= 4 is 23.5 Å². The first-order valence-electron chi connectivity index (χ1n) is 9.91. The third kappa shape index (κ3) is 5.55. The molecule has 5 heteroatoms. The summed E-state index contributed by atoms with van der Waals surface area (Å²) in [5.41, 5.74) is 7.95. The fourth-order valence-electron chi connectivity index (χ4n) is 3.09. The molecule has 30 heavy (non-hydrogen) atoms. The molecular formula is C25H27ClN2O2. The van der Waals surface area contributed by atoms with Crippen LogP contribution in [-0.2, 0) is 6.61 Å². The van der Waals surface area contributed by atoms with Gasteiger partial charge in [-0.1, -0.05) is 43.6 Å². The summed E-state index contributed by atoms with van der Waals surface area (Å²) in [5, 5.41) is 5.07. The first-order valence-corrected chi connectivity index (χ1v) is 10.3. The summed E-state index contributed by atoms with van der Waals surface area (Å²) < 4.78 is 11.7. The van der Waals surface area contributed by atoms with Crippen LogP contribution < -0.4 is 14.9 Å². The summed E-state index contributed by atoms with van der Waals surface area (Å²) in [6.45, 7) is 6.63.